The number of benzene rings is 2. The van der Waals surface area contributed by atoms with Crippen LogP contribution in [-0.2, 0) is 4.74 Å². The Labute approximate surface area is 221 Å². The Morgan fingerprint density at radius 2 is 1.65 bits per heavy atom. The average Bonchev–Trinajstić information content (AvgIpc) is 2.89. The molecular formula is C31H43N2O4+. The molecule has 200 valence electrons. The van der Waals surface area contributed by atoms with Gasteiger partial charge in [-0.2, -0.15) is 0 Å². The van der Waals surface area contributed by atoms with Gasteiger partial charge in [-0.1, -0.05) is 51.5 Å². The van der Waals surface area contributed by atoms with E-state index in [2.05, 4.69) is 20.8 Å². The number of aliphatic hydroxyl groups is 1. The summed E-state index contributed by atoms with van der Waals surface area (Å²) < 4.78 is 6.28. The van der Waals surface area contributed by atoms with E-state index in [0.717, 1.165) is 43.1 Å². The monoisotopic (exact) mass is 507 g/mol. The Morgan fingerprint density at radius 1 is 1.00 bits per heavy atom. The van der Waals surface area contributed by atoms with E-state index in [-0.39, 0.29) is 17.9 Å². The van der Waals surface area contributed by atoms with Crippen molar-refractivity contribution in [3.63, 3.8) is 0 Å². The number of hydrogen-bond acceptors (Lipinski definition) is 4. The first-order valence-electron chi connectivity index (χ1n) is 14.3. The van der Waals surface area contributed by atoms with Crippen molar-refractivity contribution < 1.29 is 24.3 Å². The molecule has 3 aliphatic rings. The molecule has 1 aliphatic carbocycles. The van der Waals surface area contributed by atoms with E-state index < -0.39 is 6.10 Å². The standard InChI is InChI=1S/C31H42N2O4/c1-20(2)25-11-10-21(3)16-28(25)37-19-24(34)18-32-14-12-22(13-15-32)17-33-30(35)26-8-4-6-23-7-5-9-27(29(23)26)31(33)36/h4-9,20-22,24-25,28,34H,10-19H2,1-3H3/p+1/t21-,24+,25+,28+/m0/s1. The number of imide groups is 1. The number of likely N-dealkylation sites (tertiary alicyclic amines) is 1. The van der Waals surface area contributed by atoms with Gasteiger partial charge in [-0.3, -0.25) is 14.5 Å². The maximum absolute atomic E-state index is 13.2. The molecule has 1 saturated carbocycles. The number of aliphatic hydroxyl groups excluding tert-OH is 1. The smallest absolute Gasteiger partial charge is 0.261 e. The summed E-state index contributed by atoms with van der Waals surface area (Å²) in [6, 6.07) is 11.4. The zero-order chi connectivity index (χ0) is 26.1. The summed E-state index contributed by atoms with van der Waals surface area (Å²) in [5, 5.41) is 12.5. The minimum atomic E-state index is -0.459. The second kappa shape index (κ2) is 11.2. The molecule has 0 unspecified atom stereocenters. The Bertz CT molecular complexity index is 1070. The minimum Gasteiger partial charge on any atom is -0.385 e. The van der Waals surface area contributed by atoms with Crippen molar-refractivity contribution in [1.29, 1.82) is 0 Å². The van der Waals surface area contributed by atoms with Crippen molar-refractivity contribution in [2.75, 3.05) is 32.8 Å². The molecule has 2 amide bonds. The molecular weight excluding hydrogens is 464 g/mol. The number of ether oxygens (including phenoxy) is 1. The lowest BCUT2D eigenvalue weighted by Gasteiger charge is -2.38. The second-order valence-electron chi connectivity index (χ2n) is 12.2. The third-order valence-electron chi connectivity index (χ3n) is 9.10. The van der Waals surface area contributed by atoms with E-state index in [0.29, 0.717) is 54.5 Å². The lowest BCUT2D eigenvalue weighted by atomic mass is 9.75. The van der Waals surface area contributed by atoms with Crippen LogP contribution in [-0.4, -0.2) is 66.8 Å². The van der Waals surface area contributed by atoms with Crippen molar-refractivity contribution >= 4 is 22.6 Å². The highest BCUT2D eigenvalue weighted by atomic mass is 16.5. The summed E-state index contributed by atoms with van der Waals surface area (Å²) in [4.78, 5) is 29.3. The van der Waals surface area contributed by atoms with Crippen LogP contribution < -0.4 is 4.90 Å². The molecule has 2 fully saturated rings. The van der Waals surface area contributed by atoms with E-state index in [1.807, 2.05) is 36.4 Å². The molecule has 2 aliphatic heterocycles. The van der Waals surface area contributed by atoms with Crippen LogP contribution in [0.3, 0.4) is 0 Å². The zero-order valence-corrected chi connectivity index (χ0v) is 22.6. The van der Waals surface area contributed by atoms with Crippen molar-refractivity contribution in [2.24, 2.45) is 23.7 Å². The lowest BCUT2D eigenvalue weighted by Crippen LogP contribution is -3.14. The first-order chi connectivity index (χ1) is 17.8. The van der Waals surface area contributed by atoms with Crippen molar-refractivity contribution in [1.82, 2.24) is 4.90 Å². The van der Waals surface area contributed by atoms with Crippen molar-refractivity contribution in [3.8, 4) is 0 Å². The van der Waals surface area contributed by atoms with Gasteiger partial charge in [0.2, 0.25) is 0 Å². The summed E-state index contributed by atoms with van der Waals surface area (Å²) in [6.45, 7) is 10.3. The number of amides is 2. The molecule has 0 radical (unpaired) electrons. The van der Waals surface area contributed by atoms with Gasteiger partial charge < -0.3 is 14.7 Å². The number of carbonyl (C=O) groups excluding carboxylic acids is 2. The van der Waals surface area contributed by atoms with E-state index in [4.69, 9.17) is 4.74 Å². The molecule has 1 saturated heterocycles. The van der Waals surface area contributed by atoms with Crippen LogP contribution in [0.25, 0.3) is 10.8 Å². The summed E-state index contributed by atoms with van der Waals surface area (Å²) >= 11 is 0. The van der Waals surface area contributed by atoms with Crippen molar-refractivity contribution in [3.05, 3.63) is 47.5 Å². The van der Waals surface area contributed by atoms with Crippen LogP contribution in [0.4, 0.5) is 0 Å². The fourth-order valence-corrected chi connectivity index (χ4v) is 6.91. The number of nitrogens with one attached hydrogen (secondary N) is 1. The Hall–Kier alpha value is -2.28. The number of quaternary nitrogens is 1. The Kier molecular flexibility index (Phi) is 7.99. The van der Waals surface area contributed by atoms with Gasteiger partial charge in [0.05, 0.1) is 25.8 Å². The Balaban J connectivity index is 1.11. The first-order valence-corrected chi connectivity index (χ1v) is 14.3. The zero-order valence-electron chi connectivity index (χ0n) is 22.6. The predicted octanol–water partition coefficient (Wildman–Crippen LogP) is 3.57. The van der Waals surface area contributed by atoms with Crippen molar-refractivity contribution in [2.45, 2.75) is 65.1 Å². The van der Waals surface area contributed by atoms with Gasteiger partial charge in [0.25, 0.3) is 11.8 Å². The summed E-state index contributed by atoms with van der Waals surface area (Å²) in [7, 11) is 0. The summed E-state index contributed by atoms with van der Waals surface area (Å²) in [5.41, 5.74) is 1.26. The molecule has 5 rings (SSSR count). The van der Waals surface area contributed by atoms with Crippen LogP contribution in [0.15, 0.2) is 36.4 Å². The largest absolute Gasteiger partial charge is 0.385 e. The van der Waals surface area contributed by atoms with Gasteiger partial charge in [0.1, 0.15) is 12.6 Å². The quantitative estimate of drug-likeness (QED) is 0.536. The summed E-state index contributed by atoms with van der Waals surface area (Å²) in [6.07, 6.45) is 5.29. The number of rotatable bonds is 8. The van der Waals surface area contributed by atoms with Gasteiger partial charge in [0, 0.05) is 35.9 Å². The maximum Gasteiger partial charge on any atom is 0.261 e. The first kappa shape index (κ1) is 26.3. The van der Waals surface area contributed by atoms with Crippen LogP contribution >= 0.6 is 0 Å². The molecule has 4 atom stereocenters. The van der Waals surface area contributed by atoms with E-state index in [1.54, 1.807) is 0 Å². The van der Waals surface area contributed by atoms with E-state index in [1.165, 1.54) is 22.6 Å². The fourth-order valence-electron chi connectivity index (χ4n) is 6.91. The van der Waals surface area contributed by atoms with Gasteiger partial charge in [-0.15, -0.1) is 0 Å². The molecule has 37 heavy (non-hydrogen) atoms. The van der Waals surface area contributed by atoms with Gasteiger partial charge >= 0.3 is 0 Å². The van der Waals surface area contributed by atoms with Gasteiger partial charge in [-0.05, 0) is 54.0 Å². The van der Waals surface area contributed by atoms with Gasteiger partial charge in [0.15, 0.2) is 0 Å². The molecule has 6 heteroatoms. The molecule has 0 aromatic heterocycles. The number of nitrogens with zero attached hydrogens (tertiary/aromatic N) is 1. The summed E-state index contributed by atoms with van der Waals surface area (Å²) in [5.74, 6) is 1.85. The highest BCUT2D eigenvalue weighted by Gasteiger charge is 2.36. The van der Waals surface area contributed by atoms with Crippen LogP contribution in [0.1, 0.15) is 73.6 Å². The van der Waals surface area contributed by atoms with Gasteiger partial charge in [-0.25, -0.2) is 0 Å². The SMILES string of the molecule is CC(C)[C@H]1CC[C@H](C)C[C@H]1OC[C@H](O)C[NH+]1CCC(CN2C(=O)c3cccc4cccc(c34)C2=O)CC1. The second-order valence-corrected chi connectivity index (χ2v) is 12.2. The van der Waals surface area contributed by atoms with Crippen LogP contribution in [0, 0.1) is 23.7 Å². The molecule has 6 nitrogen and oxygen atoms in total. The average molecular weight is 508 g/mol. The lowest BCUT2D eigenvalue weighted by molar-refractivity contribution is -0.909. The number of hydrogen-bond donors (Lipinski definition) is 2. The number of piperidine rings is 1. The number of carbonyl (C=O) groups is 2. The predicted molar refractivity (Wildman–Crippen MR) is 145 cm³/mol. The highest BCUT2D eigenvalue weighted by Crippen LogP contribution is 2.35. The molecule has 2 aromatic carbocycles. The normalized spacial score (nSPS) is 29.2. The fraction of sp³-hybridized carbons (Fsp3) is 0.613. The van der Waals surface area contributed by atoms with E-state index >= 15 is 0 Å². The molecule has 2 heterocycles. The Morgan fingerprint density at radius 3 is 2.27 bits per heavy atom. The maximum atomic E-state index is 13.2. The highest BCUT2D eigenvalue weighted by molar-refractivity contribution is 6.25. The van der Waals surface area contributed by atoms with Crippen LogP contribution in [0.5, 0.6) is 0 Å². The molecule has 0 bridgehead atoms. The molecule has 2 N–H and O–H groups in total. The molecule has 2 aromatic rings. The third kappa shape index (κ3) is 5.62. The minimum absolute atomic E-state index is 0.173. The van der Waals surface area contributed by atoms with Crippen LogP contribution in [0.2, 0.25) is 0 Å². The molecule has 0 spiro atoms. The van der Waals surface area contributed by atoms with E-state index in [9.17, 15) is 14.7 Å². The topological polar surface area (TPSA) is 71.3 Å². The third-order valence-corrected chi connectivity index (χ3v) is 9.10.